The van der Waals surface area contributed by atoms with Gasteiger partial charge in [-0.3, -0.25) is 9.69 Å². The van der Waals surface area contributed by atoms with Gasteiger partial charge in [0.25, 0.3) is 0 Å². The van der Waals surface area contributed by atoms with Crippen LogP contribution in [-0.2, 0) is 16.0 Å². The van der Waals surface area contributed by atoms with E-state index in [2.05, 4.69) is 18.0 Å². The van der Waals surface area contributed by atoms with Crippen LogP contribution in [0.3, 0.4) is 0 Å². The number of piperidine rings is 1. The molecule has 0 aromatic heterocycles. The van der Waals surface area contributed by atoms with Gasteiger partial charge in [0.1, 0.15) is 17.7 Å². The summed E-state index contributed by atoms with van der Waals surface area (Å²) in [6, 6.07) is 8.71. The Kier molecular flexibility index (Phi) is 5.97. The van der Waals surface area contributed by atoms with Gasteiger partial charge in [0.15, 0.2) is 0 Å². The minimum atomic E-state index is -0.656. The molecule has 1 saturated carbocycles. The molecule has 6 nitrogen and oxygen atoms in total. The summed E-state index contributed by atoms with van der Waals surface area (Å²) >= 11 is 0. The molecule has 2 fully saturated rings. The third kappa shape index (κ3) is 4.79. The number of rotatable bonds is 5. The van der Waals surface area contributed by atoms with Gasteiger partial charge in [-0.2, -0.15) is 5.26 Å². The number of fused-ring (bicyclic) bond motifs is 2. The molecule has 154 valence electrons. The van der Waals surface area contributed by atoms with E-state index in [1.807, 2.05) is 45.0 Å². The molecule has 3 rings (SSSR count). The van der Waals surface area contributed by atoms with Crippen LogP contribution in [0, 0.1) is 17.2 Å². The van der Waals surface area contributed by atoms with Gasteiger partial charge in [-0.15, -0.1) is 0 Å². The van der Waals surface area contributed by atoms with Crippen LogP contribution in [0.5, 0.6) is 0 Å². The van der Waals surface area contributed by atoms with Crippen molar-refractivity contribution in [3.8, 4) is 6.07 Å². The summed E-state index contributed by atoms with van der Waals surface area (Å²) in [5.74, 6) is -0.143. The van der Waals surface area contributed by atoms with E-state index in [9.17, 15) is 14.9 Å². The van der Waals surface area contributed by atoms with Crippen LogP contribution in [0.1, 0.15) is 51.2 Å². The van der Waals surface area contributed by atoms with E-state index in [0.717, 1.165) is 30.4 Å². The highest BCUT2D eigenvalue weighted by Gasteiger charge is 2.52. The van der Waals surface area contributed by atoms with Gasteiger partial charge < -0.3 is 10.1 Å². The monoisotopic (exact) mass is 395 g/mol. The summed E-state index contributed by atoms with van der Waals surface area (Å²) in [7, 11) is 0. The average Bonchev–Trinajstić information content (AvgIpc) is 3.28. The molecule has 2 aliphatic rings. The van der Waals surface area contributed by atoms with Crippen LogP contribution in [-0.4, -0.2) is 40.6 Å². The van der Waals surface area contributed by atoms with Crippen molar-refractivity contribution >= 4 is 18.1 Å². The summed E-state index contributed by atoms with van der Waals surface area (Å²) in [6.07, 6.45) is 4.35. The molecule has 1 heterocycles. The molecule has 1 N–H and O–H groups in total. The Morgan fingerprint density at radius 2 is 2.03 bits per heavy atom. The first-order valence-corrected chi connectivity index (χ1v) is 10.1. The first-order chi connectivity index (χ1) is 13.7. The molecule has 1 aliphatic heterocycles. The van der Waals surface area contributed by atoms with E-state index >= 15 is 0 Å². The minimum absolute atomic E-state index is 0.0394. The number of benzene rings is 1. The fourth-order valence-corrected chi connectivity index (χ4v) is 4.31. The number of carbonyl (C=O) groups excluding carboxylic acids is 2. The number of hydrogen-bond acceptors (Lipinski definition) is 4. The lowest BCUT2D eigenvalue weighted by atomic mass is 9.97. The molecule has 1 unspecified atom stereocenters. The number of nitrogens with zero attached hydrogens (tertiary/aromatic N) is 2. The van der Waals surface area contributed by atoms with Gasteiger partial charge in [0, 0.05) is 12.5 Å². The van der Waals surface area contributed by atoms with E-state index in [1.54, 1.807) is 11.0 Å². The Bertz CT molecular complexity index is 819. The highest BCUT2D eigenvalue weighted by atomic mass is 16.6. The molecule has 0 radical (unpaired) electrons. The average molecular weight is 396 g/mol. The lowest BCUT2D eigenvalue weighted by Gasteiger charge is -2.35. The third-order valence-corrected chi connectivity index (χ3v) is 5.59. The minimum Gasteiger partial charge on any atom is -0.444 e. The number of nitriles is 1. The lowest BCUT2D eigenvalue weighted by molar-refractivity contribution is -0.128. The smallest absolute Gasteiger partial charge is 0.411 e. The van der Waals surface area contributed by atoms with Crippen LogP contribution >= 0.6 is 0 Å². The van der Waals surface area contributed by atoms with Crippen molar-refractivity contribution in [1.82, 2.24) is 10.2 Å². The molecule has 1 saturated heterocycles. The van der Waals surface area contributed by atoms with Crippen molar-refractivity contribution in [2.45, 2.75) is 70.2 Å². The van der Waals surface area contributed by atoms with Crippen molar-refractivity contribution in [2.24, 2.45) is 5.92 Å². The first-order valence-electron chi connectivity index (χ1n) is 10.1. The van der Waals surface area contributed by atoms with Crippen molar-refractivity contribution in [2.75, 3.05) is 0 Å². The second-order valence-electron chi connectivity index (χ2n) is 8.90. The van der Waals surface area contributed by atoms with Crippen LogP contribution in [0.25, 0.3) is 6.08 Å². The van der Waals surface area contributed by atoms with E-state index in [0.29, 0.717) is 6.42 Å². The Hall–Kier alpha value is -2.81. The number of amides is 2. The van der Waals surface area contributed by atoms with Gasteiger partial charge in [-0.25, -0.2) is 4.79 Å². The molecule has 1 aromatic rings. The Labute approximate surface area is 172 Å². The number of nitrogens with one attached hydrogen (secondary N) is 1. The van der Waals surface area contributed by atoms with Crippen LogP contribution in [0.2, 0.25) is 0 Å². The molecule has 4 atom stereocenters. The van der Waals surface area contributed by atoms with Gasteiger partial charge in [0.2, 0.25) is 5.91 Å². The van der Waals surface area contributed by atoms with Gasteiger partial charge in [-0.05, 0) is 57.1 Å². The zero-order chi connectivity index (χ0) is 21.2. The summed E-state index contributed by atoms with van der Waals surface area (Å²) in [5.41, 5.74) is 1.34. The molecular weight excluding hydrogens is 366 g/mol. The number of hydrogen-bond donors (Lipinski definition) is 1. The molecule has 0 spiro atoms. The second-order valence-corrected chi connectivity index (χ2v) is 8.90. The second kappa shape index (κ2) is 8.28. The molecule has 2 bridgehead atoms. The molecular formula is C23H29N3O3. The van der Waals surface area contributed by atoms with Crippen molar-refractivity contribution in [1.29, 1.82) is 5.26 Å². The summed E-state index contributed by atoms with van der Waals surface area (Å²) in [4.78, 5) is 27.4. The quantitative estimate of drug-likeness (QED) is 0.825. The summed E-state index contributed by atoms with van der Waals surface area (Å²) in [6.45, 7) is 9.18. The van der Waals surface area contributed by atoms with E-state index in [4.69, 9.17) is 4.74 Å². The Balaban J connectivity index is 1.69. The van der Waals surface area contributed by atoms with Crippen molar-refractivity contribution in [3.05, 3.63) is 42.0 Å². The predicted octanol–water partition coefficient (Wildman–Crippen LogP) is 3.67. The zero-order valence-corrected chi connectivity index (χ0v) is 17.4. The van der Waals surface area contributed by atoms with E-state index < -0.39 is 23.8 Å². The lowest BCUT2D eigenvalue weighted by Crippen LogP contribution is -2.55. The fourth-order valence-electron chi connectivity index (χ4n) is 4.31. The number of likely N-dealkylation sites (tertiary alicyclic amines) is 1. The fraction of sp³-hybridized carbons (Fsp3) is 0.522. The SMILES string of the molecule is C=Cc1ccc(C[C@@H](C#N)NC(=O)C2[C@H]3CC[C@H](C3)N2C(=O)OC(C)(C)C)cc1. The van der Waals surface area contributed by atoms with Gasteiger partial charge in [-0.1, -0.05) is 36.9 Å². The first kappa shape index (κ1) is 20.9. The van der Waals surface area contributed by atoms with Crippen LogP contribution in [0.15, 0.2) is 30.8 Å². The summed E-state index contributed by atoms with van der Waals surface area (Å²) in [5, 5.41) is 12.4. The zero-order valence-electron chi connectivity index (χ0n) is 17.4. The highest BCUT2D eigenvalue weighted by molar-refractivity contribution is 5.87. The maximum absolute atomic E-state index is 13.1. The van der Waals surface area contributed by atoms with Crippen molar-refractivity contribution in [3.63, 3.8) is 0 Å². The molecule has 6 heteroatoms. The highest BCUT2D eigenvalue weighted by Crippen LogP contribution is 2.43. The van der Waals surface area contributed by atoms with Crippen LogP contribution in [0.4, 0.5) is 4.79 Å². The Morgan fingerprint density at radius 3 is 2.62 bits per heavy atom. The molecule has 2 amide bonds. The maximum Gasteiger partial charge on any atom is 0.411 e. The maximum atomic E-state index is 13.1. The molecule has 1 aromatic carbocycles. The van der Waals surface area contributed by atoms with Gasteiger partial charge >= 0.3 is 6.09 Å². The summed E-state index contributed by atoms with van der Waals surface area (Å²) < 4.78 is 5.54. The largest absolute Gasteiger partial charge is 0.444 e. The van der Waals surface area contributed by atoms with E-state index in [1.165, 1.54) is 0 Å². The third-order valence-electron chi connectivity index (χ3n) is 5.59. The topological polar surface area (TPSA) is 82.4 Å². The predicted molar refractivity (Wildman–Crippen MR) is 111 cm³/mol. The normalized spacial score (nSPS) is 23.9. The van der Waals surface area contributed by atoms with Gasteiger partial charge in [0.05, 0.1) is 6.07 Å². The standard InChI is InChI=1S/C23H29N3O3/c1-5-15-6-8-16(9-7-15)12-18(14-24)25-21(27)20-17-10-11-19(13-17)26(20)22(28)29-23(2,3)4/h5-9,17-20H,1,10-13H2,2-4H3,(H,25,27)/t17-,18-,19+,20?/m0/s1. The molecule has 1 aliphatic carbocycles. The Morgan fingerprint density at radius 1 is 1.34 bits per heavy atom. The van der Waals surface area contributed by atoms with E-state index in [-0.39, 0.29) is 17.9 Å². The molecule has 29 heavy (non-hydrogen) atoms. The van der Waals surface area contributed by atoms with Crippen molar-refractivity contribution < 1.29 is 14.3 Å². The number of ether oxygens (including phenoxy) is 1. The van der Waals surface area contributed by atoms with Crippen LogP contribution < -0.4 is 5.32 Å². The number of carbonyl (C=O) groups is 2.